The van der Waals surface area contributed by atoms with Gasteiger partial charge in [0, 0.05) is 6.54 Å². The van der Waals surface area contributed by atoms with Gasteiger partial charge in [0.1, 0.15) is 0 Å². The molecule has 0 radical (unpaired) electrons. The average molecular weight is 329 g/mol. The Morgan fingerprint density at radius 2 is 1.90 bits per heavy atom. The molecule has 1 amide bonds. The Kier molecular flexibility index (Phi) is 11.9. The Bertz CT molecular complexity index is 275. The van der Waals surface area contributed by atoms with Crippen LogP contribution in [0.3, 0.4) is 0 Å². The quantitative estimate of drug-likeness (QED) is 0.435. The molecule has 0 aliphatic rings. The van der Waals surface area contributed by atoms with Crippen LogP contribution in [-0.2, 0) is 9.53 Å². The van der Waals surface area contributed by atoms with Crippen molar-refractivity contribution in [1.29, 1.82) is 0 Å². The molecule has 3 nitrogen and oxygen atoms in total. The van der Waals surface area contributed by atoms with Gasteiger partial charge in [0.25, 0.3) is 0 Å². The summed E-state index contributed by atoms with van der Waals surface area (Å²) in [4.78, 5) is 10.6. The summed E-state index contributed by atoms with van der Waals surface area (Å²) in [5, 5.41) is 1.88. The van der Waals surface area contributed by atoms with E-state index in [2.05, 4.69) is 6.92 Å². The van der Waals surface area contributed by atoms with Gasteiger partial charge in [-0.25, -0.2) is 0 Å². The highest BCUT2D eigenvalue weighted by molar-refractivity contribution is 7.98. The van der Waals surface area contributed by atoms with Crippen LogP contribution in [0.4, 0.5) is 13.2 Å². The van der Waals surface area contributed by atoms with Gasteiger partial charge in [0.2, 0.25) is 0 Å². The highest BCUT2D eigenvalue weighted by Gasteiger charge is 2.38. The molecule has 0 aromatic heterocycles. The van der Waals surface area contributed by atoms with Crippen LogP contribution >= 0.6 is 11.8 Å². The second-order valence-corrected chi connectivity index (χ2v) is 5.82. The van der Waals surface area contributed by atoms with Gasteiger partial charge in [-0.1, -0.05) is 32.6 Å². The largest absolute Gasteiger partial charge is 0.471 e. The van der Waals surface area contributed by atoms with Crippen molar-refractivity contribution in [2.45, 2.75) is 51.6 Å². The van der Waals surface area contributed by atoms with E-state index in [4.69, 9.17) is 4.74 Å². The summed E-state index contributed by atoms with van der Waals surface area (Å²) in [5.74, 6) is -0.573. The maximum Gasteiger partial charge on any atom is 0.471 e. The van der Waals surface area contributed by atoms with Crippen LogP contribution in [0.2, 0.25) is 0 Å². The van der Waals surface area contributed by atoms with Crippen LogP contribution in [0.15, 0.2) is 0 Å². The topological polar surface area (TPSA) is 38.3 Å². The SMILES string of the molecule is CCC(CCCCCCNC(=O)C(F)(F)F)COCSC. The molecule has 0 heterocycles. The minimum atomic E-state index is -4.77. The van der Waals surface area contributed by atoms with E-state index in [1.807, 2.05) is 11.6 Å². The molecule has 7 heteroatoms. The number of amides is 1. The van der Waals surface area contributed by atoms with Crippen LogP contribution in [0.25, 0.3) is 0 Å². The number of carbonyl (C=O) groups is 1. The second-order valence-electron chi connectivity index (χ2n) is 5.01. The van der Waals surface area contributed by atoms with Crippen molar-refractivity contribution in [3.05, 3.63) is 0 Å². The van der Waals surface area contributed by atoms with Gasteiger partial charge in [-0.2, -0.15) is 13.2 Å². The maximum atomic E-state index is 11.9. The van der Waals surface area contributed by atoms with E-state index >= 15 is 0 Å². The number of ether oxygens (including phenoxy) is 1. The van der Waals surface area contributed by atoms with E-state index in [1.165, 1.54) is 0 Å². The lowest BCUT2D eigenvalue weighted by molar-refractivity contribution is -0.173. The van der Waals surface area contributed by atoms with Crippen molar-refractivity contribution in [2.75, 3.05) is 25.3 Å². The standard InChI is InChI=1S/C14H26F3NO2S/c1-3-12(10-20-11-21-2)8-6-4-5-7-9-18-13(19)14(15,16)17/h12H,3-11H2,1-2H3,(H,18,19). The Labute approximate surface area is 129 Å². The summed E-state index contributed by atoms with van der Waals surface area (Å²) in [5.41, 5.74) is 0. The normalized spacial score (nSPS) is 13.2. The van der Waals surface area contributed by atoms with Crippen molar-refractivity contribution >= 4 is 17.7 Å². The minimum absolute atomic E-state index is 0.0897. The molecular formula is C14H26F3NO2S. The summed E-state index contributed by atoms with van der Waals surface area (Å²) < 4.78 is 41.2. The van der Waals surface area contributed by atoms with Crippen molar-refractivity contribution in [1.82, 2.24) is 5.32 Å². The first kappa shape index (κ1) is 20.6. The van der Waals surface area contributed by atoms with Crippen LogP contribution in [0.5, 0.6) is 0 Å². The Balaban J connectivity index is 3.48. The van der Waals surface area contributed by atoms with E-state index in [-0.39, 0.29) is 6.54 Å². The smallest absolute Gasteiger partial charge is 0.371 e. The number of hydrogen-bond donors (Lipinski definition) is 1. The third-order valence-electron chi connectivity index (χ3n) is 3.21. The lowest BCUT2D eigenvalue weighted by Gasteiger charge is -2.14. The summed E-state index contributed by atoms with van der Waals surface area (Å²) in [7, 11) is 0. The molecule has 0 aliphatic heterocycles. The molecule has 0 saturated heterocycles. The fraction of sp³-hybridized carbons (Fsp3) is 0.929. The zero-order valence-corrected chi connectivity index (χ0v) is 13.6. The van der Waals surface area contributed by atoms with Gasteiger partial charge >= 0.3 is 12.1 Å². The molecule has 126 valence electrons. The molecule has 0 aliphatic carbocycles. The Morgan fingerprint density at radius 3 is 2.48 bits per heavy atom. The molecule has 0 saturated carbocycles. The highest BCUT2D eigenvalue weighted by Crippen LogP contribution is 2.16. The molecule has 0 aromatic rings. The monoisotopic (exact) mass is 329 g/mol. The van der Waals surface area contributed by atoms with Crippen LogP contribution in [-0.4, -0.2) is 37.4 Å². The zero-order chi connectivity index (χ0) is 16.1. The first-order valence-corrected chi connectivity index (χ1v) is 8.72. The van der Waals surface area contributed by atoms with Gasteiger partial charge in [0.05, 0.1) is 12.5 Å². The van der Waals surface area contributed by atoms with Gasteiger partial charge in [-0.05, 0) is 25.0 Å². The summed E-state index contributed by atoms with van der Waals surface area (Å²) >= 11 is 1.66. The molecular weight excluding hydrogens is 303 g/mol. The summed E-state index contributed by atoms with van der Waals surface area (Å²) in [6, 6.07) is 0. The highest BCUT2D eigenvalue weighted by atomic mass is 32.2. The predicted octanol–water partition coefficient (Wildman–Crippen LogP) is 3.98. The third kappa shape index (κ3) is 11.9. The van der Waals surface area contributed by atoms with Crippen molar-refractivity contribution in [2.24, 2.45) is 5.92 Å². The summed E-state index contributed by atoms with van der Waals surface area (Å²) in [6.45, 7) is 3.01. The predicted molar refractivity (Wildman–Crippen MR) is 80.3 cm³/mol. The van der Waals surface area contributed by atoms with E-state index in [1.54, 1.807) is 11.8 Å². The van der Waals surface area contributed by atoms with Crippen LogP contribution < -0.4 is 5.32 Å². The van der Waals surface area contributed by atoms with E-state index in [9.17, 15) is 18.0 Å². The molecule has 0 bridgehead atoms. The van der Waals surface area contributed by atoms with Gasteiger partial charge in [0.15, 0.2) is 0 Å². The number of alkyl halides is 3. The molecule has 0 rings (SSSR count). The maximum absolute atomic E-state index is 11.9. The molecule has 21 heavy (non-hydrogen) atoms. The van der Waals surface area contributed by atoms with Gasteiger partial charge in [-0.15, -0.1) is 11.8 Å². The minimum Gasteiger partial charge on any atom is -0.371 e. The lowest BCUT2D eigenvalue weighted by Crippen LogP contribution is -2.37. The number of nitrogens with one attached hydrogen (secondary N) is 1. The van der Waals surface area contributed by atoms with E-state index < -0.39 is 12.1 Å². The average Bonchev–Trinajstić information content (AvgIpc) is 2.43. The number of carbonyl (C=O) groups excluding carboxylic acids is 1. The van der Waals surface area contributed by atoms with Crippen LogP contribution in [0, 0.1) is 5.92 Å². The number of halogens is 3. The zero-order valence-electron chi connectivity index (χ0n) is 12.8. The van der Waals surface area contributed by atoms with E-state index in [0.29, 0.717) is 12.3 Å². The first-order chi connectivity index (χ1) is 9.91. The Morgan fingerprint density at radius 1 is 1.24 bits per heavy atom. The van der Waals surface area contributed by atoms with E-state index in [0.717, 1.165) is 44.6 Å². The lowest BCUT2D eigenvalue weighted by atomic mass is 9.99. The molecule has 0 aromatic carbocycles. The van der Waals surface area contributed by atoms with Crippen molar-refractivity contribution in [3.8, 4) is 0 Å². The number of rotatable bonds is 12. The van der Waals surface area contributed by atoms with Gasteiger partial charge < -0.3 is 10.1 Å². The summed E-state index contributed by atoms with van der Waals surface area (Å²) in [6.07, 6.45) is 2.83. The van der Waals surface area contributed by atoms with Gasteiger partial charge in [-0.3, -0.25) is 4.79 Å². The van der Waals surface area contributed by atoms with Crippen LogP contribution in [0.1, 0.15) is 45.4 Å². The van der Waals surface area contributed by atoms with Crippen molar-refractivity contribution in [3.63, 3.8) is 0 Å². The molecule has 0 spiro atoms. The number of unbranched alkanes of at least 4 members (excludes halogenated alkanes) is 3. The fourth-order valence-corrected chi connectivity index (χ4v) is 2.18. The molecule has 1 unspecified atom stereocenters. The first-order valence-electron chi connectivity index (χ1n) is 7.33. The number of thioether (sulfide) groups is 1. The molecule has 0 fully saturated rings. The second kappa shape index (κ2) is 12.1. The fourth-order valence-electron chi connectivity index (χ4n) is 1.92. The Hall–Kier alpha value is -0.430. The third-order valence-corrected chi connectivity index (χ3v) is 3.62. The number of hydrogen-bond acceptors (Lipinski definition) is 3. The molecule has 1 atom stereocenters. The van der Waals surface area contributed by atoms with Crippen molar-refractivity contribution < 1.29 is 22.7 Å². The molecule has 1 N–H and O–H groups in total.